The Bertz CT molecular complexity index is 429. The van der Waals surface area contributed by atoms with E-state index in [1.807, 2.05) is 6.20 Å². The molecule has 0 spiro atoms. The molecule has 1 fully saturated rings. The highest BCUT2D eigenvalue weighted by molar-refractivity contribution is 7.71. The second kappa shape index (κ2) is 3.63. The van der Waals surface area contributed by atoms with Gasteiger partial charge in [-0.2, -0.15) is 0 Å². The quantitative estimate of drug-likeness (QED) is 0.582. The molecular weight excluding hydrogens is 204 g/mol. The SMILES string of the molecule is S=c1[nH]cc(CC2C=CC3CCCC32)[nH]1. The predicted molar refractivity (Wildman–Crippen MR) is 63.1 cm³/mol. The Balaban J connectivity index is 1.74. The van der Waals surface area contributed by atoms with Crippen molar-refractivity contribution in [1.82, 2.24) is 9.97 Å². The fourth-order valence-electron chi connectivity index (χ4n) is 3.17. The van der Waals surface area contributed by atoms with Crippen LogP contribution in [-0.4, -0.2) is 9.97 Å². The summed E-state index contributed by atoms with van der Waals surface area (Å²) in [7, 11) is 0. The molecule has 0 bridgehead atoms. The molecule has 0 aliphatic heterocycles. The molecule has 80 valence electrons. The Morgan fingerprint density at radius 1 is 1.33 bits per heavy atom. The summed E-state index contributed by atoms with van der Waals surface area (Å²) in [6.45, 7) is 0. The summed E-state index contributed by atoms with van der Waals surface area (Å²) in [6.07, 6.45) is 12.2. The minimum absolute atomic E-state index is 0.735. The lowest BCUT2D eigenvalue weighted by atomic mass is 9.88. The van der Waals surface area contributed by atoms with Crippen molar-refractivity contribution in [2.75, 3.05) is 0 Å². The van der Waals surface area contributed by atoms with Crippen LogP contribution in [0.4, 0.5) is 0 Å². The number of allylic oxidation sites excluding steroid dienone is 2. The van der Waals surface area contributed by atoms with Crippen LogP contribution in [0.3, 0.4) is 0 Å². The van der Waals surface area contributed by atoms with E-state index in [1.165, 1.54) is 25.0 Å². The Morgan fingerprint density at radius 2 is 2.27 bits per heavy atom. The maximum Gasteiger partial charge on any atom is 0.174 e. The summed E-state index contributed by atoms with van der Waals surface area (Å²) in [5, 5.41) is 0. The molecule has 1 saturated carbocycles. The van der Waals surface area contributed by atoms with E-state index in [1.54, 1.807) is 0 Å². The summed E-state index contributed by atoms with van der Waals surface area (Å²) in [4.78, 5) is 6.25. The van der Waals surface area contributed by atoms with E-state index in [2.05, 4.69) is 22.1 Å². The largest absolute Gasteiger partial charge is 0.337 e. The minimum atomic E-state index is 0.735. The zero-order chi connectivity index (χ0) is 10.3. The van der Waals surface area contributed by atoms with E-state index in [4.69, 9.17) is 12.2 Å². The third-order valence-corrected chi connectivity index (χ3v) is 4.11. The lowest BCUT2D eigenvalue weighted by molar-refractivity contribution is 0.375. The fraction of sp³-hybridized carbons (Fsp3) is 0.583. The average Bonchev–Trinajstić information content (AvgIpc) is 2.85. The Kier molecular flexibility index (Phi) is 2.28. The van der Waals surface area contributed by atoms with Gasteiger partial charge in [0.2, 0.25) is 0 Å². The minimum Gasteiger partial charge on any atom is -0.337 e. The van der Waals surface area contributed by atoms with E-state index in [0.717, 1.165) is 28.9 Å². The Hall–Kier alpha value is -0.830. The molecule has 3 heteroatoms. The van der Waals surface area contributed by atoms with Gasteiger partial charge in [0.1, 0.15) is 0 Å². The van der Waals surface area contributed by atoms with Crippen LogP contribution < -0.4 is 0 Å². The van der Waals surface area contributed by atoms with Gasteiger partial charge < -0.3 is 9.97 Å². The standard InChI is InChI=1S/C12H16N2S/c15-12-13-7-10(14-12)6-9-5-4-8-2-1-3-11(8)9/h4-5,7-9,11H,1-3,6H2,(H2,13,14,15). The van der Waals surface area contributed by atoms with Crippen LogP contribution in [0.15, 0.2) is 18.3 Å². The Labute approximate surface area is 94.8 Å². The summed E-state index contributed by atoms with van der Waals surface area (Å²) in [6, 6.07) is 0. The first-order valence-corrected chi connectivity index (χ1v) is 6.18. The van der Waals surface area contributed by atoms with Crippen LogP contribution in [0.5, 0.6) is 0 Å². The van der Waals surface area contributed by atoms with E-state index in [0.29, 0.717) is 0 Å². The number of nitrogens with one attached hydrogen (secondary N) is 2. The molecule has 1 heterocycles. The van der Waals surface area contributed by atoms with Crippen LogP contribution in [0.25, 0.3) is 0 Å². The van der Waals surface area contributed by atoms with Crippen LogP contribution in [0.1, 0.15) is 25.0 Å². The number of aromatic nitrogens is 2. The van der Waals surface area contributed by atoms with Crippen molar-refractivity contribution >= 4 is 12.2 Å². The zero-order valence-corrected chi connectivity index (χ0v) is 9.52. The van der Waals surface area contributed by atoms with Gasteiger partial charge in [-0.3, -0.25) is 0 Å². The number of rotatable bonds is 2. The van der Waals surface area contributed by atoms with Gasteiger partial charge in [0, 0.05) is 11.9 Å². The molecular formula is C12H16N2S. The second-order valence-electron chi connectivity index (χ2n) is 4.78. The molecule has 0 amide bonds. The van der Waals surface area contributed by atoms with E-state index < -0.39 is 0 Å². The van der Waals surface area contributed by atoms with Crippen molar-refractivity contribution in [3.8, 4) is 0 Å². The van der Waals surface area contributed by atoms with Gasteiger partial charge in [-0.05, 0) is 49.2 Å². The first-order chi connectivity index (χ1) is 7.33. The van der Waals surface area contributed by atoms with Gasteiger partial charge in [-0.1, -0.05) is 18.6 Å². The van der Waals surface area contributed by atoms with E-state index in [9.17, 15) is 0 Å². The number of fused-ring (bicyclic) bond motifs is 1. The number of aromatic amines is 2. The molecule has 0 aromatic carbocycles. The number of imidazole rings is 1. The van der Waals surface area contributed by atoms with Crippen LogP contribution in [-0.2, 0) is 6.42 Å². The molecule has 2 nitrogen and oxygen atoms in total. The first kappa shape index (κ1) is 9.40. The third kappa shape index (κ3) is 1.69. The molecule has 0 radical (unpaired) electrons. The van der Waals surface area contributed by atoms with E-state index in [-0.39, 0.29) is 0 Å². The van der Waals surface area contributed by atoms with Crippen molar-refractivity contribution in [3.05, 3.63) is 28.8 Å². The van der Waals surface area contributed by atoms with Gasteiger partial charge in [-0.15, -0.1) is 0 Å². The van der Waals surface area contributed by atoms with Crippen LogP contribution >= 0.6 is 12.2 Å². The number of hydrogen-bond acceptors (Lipinski definition) is 1. The summed E-state index contributed by atoms with van der Waals surface area (Å²) < 4.78 is 0.745. The van der Waals surface area contributed by atoms with Gasteiger partial charge in [0.15, 0.2) is 4.77 Å². The highest BCUT2D eigenvalue weighted by atomic mass is 32.1. The number of H-pyrrole nitrogens is 2. The van der Waals surface area contributed by atoms with Gasteiger partial charge in [0.05, 0.1) is 0 Å². The molecule has 3 unspecified atom stereocenters. The maximum absolute atomic E-state index is 5.04. The summed E-state index contributed by atoms with van der Waals surface area (Å²) in [5.74, 6) is 2.51. The summed E-state index contributed by atoms with van der Waals surface area (Å²) >= 11 is 5.04. The molecule has 3 atom stereocenters. The monoisotopic (exact) mass is 220 g/mol. The molecule has 3 rings (SSSR count). The lowest BCUT2D eigenvalue weighted by Crippen LogP contribution is -2.12. The van der Waals surface area contributed by atoms with Crippen molar-refractivity contribution < 1.29 is 0 Å². The van der Waals surface area contributed by atoms with Crippen molar-refractivity contribution in [2.45, 2.75) is 25.7 Å². The van der Waals surface area contributed by atoms with Crippen molar-refractivity contribution in [2.24, 2.45) is 17.8 Å². The zero-order valence-electron chi connectivity index (χ0n) is 8.70. The van der Waals surface area contributed by atoms with Gasteiger partial charge >= 0.3 is 0 Å². The normalized spacial score (nSPS) is 33.5. The molecule has 2 N–H and O–H groups in total. The van der Waals surface area contributed by atoms with Crippen LogP contribution in [0, 0.1) is 22.5 Å². The topological polar surface area (TPSA) is 31.6 Å². The van der Waals surface area contributed by atoms with Crippen molar-refractivity contribution in [3.63, 3.8) is 0 Å². The number of hydrogen-bond donors (Lipinski definition) is 2. The molecule has 1 aromatic rings. The maximum atomic E-state index is 5.04. The molecule has 15 heavy (non-hydrogen) atoms. The highest BCUT2D eigenvalue weighted by Gasteiger charge is 2.34. The molecule has 0 saturated heterocycles. The molecule has 1 aromatic heterocycles. The highest BCUT2D eigenvalue weighted by Crippen LogP contribution is 2.44. The van der Waals surface area contributed by atoms with Crippen LogP contribution in [0.2, 0.25) is 0 Å². The fourth-order valence-corrected chi connectivity index (χ4v) is 3.36. The van der Waals surface area contributed by atoms with Gasteiger partial charge in [0.25, 0.3) is 0 Å². The third-order valence-electron chi connectivity index (χ3n) is 3.89. The smallest absolute Gasteiger partial charge is 0.174 e. The van der Waals surface area contributed by atoms with E-state index >= 15 is 0 Å². The van der Waals surface area contributed by atoms with Crippen molar-refractivity contribution in [1.29, 1.82) is 0 Å². The lowest BCUT2D eigenvalue weighted by Gasteiger charge is -2.17. The second-order valence-corrected chi connectivity index (χ2v) is 5.19. The van der Waals surface area contributed by atoms with Gasteiger partial charge in [-0.25, -0.2) is 0 Å². The average molecular weight is 220 g/mol. The molecule has 2 aliphatic rings. The first-order valence-electron chi connectivity index (χ1n) is 5.78. The summed E-state index contributed by atoms with van der Waals surface area (Å²) in [5.41, 5.74) is 1.25. The molecule has 2 aliphatic carbocycles. The Morgan fingerprint density at radius 3 is 3.07 bits per heavy atom. The predicted octanol–water partition coefficient (Wildman–Crippen LogP) is 3.22.